The SMILES string of the molecule is CSC1CCN(C(=O)c2cnc3ccc(Cl)cc3c2-c2ccc(C3(C#N)CC3)cc2)CC1. The van der Waals surface area contributed by atoms with Gasteiger partial charge in [-0.1, -0.05) is 35.9 Å². The van der Waals surface area contributed by atoms with E-state index in [9.17, 15) is 10.1 Å². The number of piperidine rings is 1. The van der Waals surface area contributed by atoms with Gasteiger partial charge in [-0.25, -0.2) is 0 Å². The van der Waals surface area contributed by atoms with Gasteiger partial charge in [-0.15, -0.1) is 0 Å². The zero-order valence-electron chi connectivity index (χ0n) is 18.0. The molecule has 1 aliphatic carbocycles. The fourth-order valence-electron chi connectivity index (χ4n) is 4.65. The number of halogens is 1. The van der Waals surface area contributed by atoms with Crippen molar-refractivity contribution in [3.05, 3.63) is 64.8 Å². The van der Waals surface area contributed by atoms with Crippen LogP contribution in [0.4, 0.5) is 0 Å². The quantitative estimate of drug-likeness (QED) is 0.472. The van der Waals surface area contributed by atoms with Crippen molar-refractivity contribution in [2.45, 2.75) is 36.3 Å². The molecule has 6 heteroatoms. The summed E-state index contributed by atoms with van der Waals surface area (Å²) in [5.41, 5.74) is 3.94. The minimum Gasteiger partial charge on any atom is -0.339 e. The van der Waals surface area contributed by atoms with E-state index in [1.807, 2.05) is 59.1 Å². The van der Waals surface area contributed by atoms with E-state index in [0.29, 0.717) is 15.8 Å². The molecule has 2 heterocycles. The van der Waals surface area contributed by atoms with Gasteiger partial charge in [0.15, 0.2) is 0 Å². The van der Waals surface area contributed by atoms with Crippen molar-refractivity contribution < 1.29 is 4.79 Å². The normalized spacial score (nSPS) is 17.8. The number of likely N-dealkylation sites (tertiary alicyclic amines) is 1. The molecule has 0 radical (unpaired) electrons. The minimum absolute atomic E-state index is 0.0219. The predicted molar refractivity (Wildman–Crippen MR) is 131 cm³/mol. The summed E-state index contributed by atoms with van der Waals surface area (Å²) >= 11 is 8.22. The largest absolute Gasteiger partial charge is 0.339 e. The molecule has 1 aliphatic heterocycles. The Hall–Kier alpha value is -2.55. The molecule has 0 N–H and O–H groups in total. The van der Waals surface area contributed by atoms with Crippen LogP contribution in [-0.4, -0.2) is 40.4 Å². The van der Waals surface area contributed by atoms with Crippen LogP contribution in [0.15, 0.2) is 48.7 Å². The van der Waals surface area contributed by atoms with Crippen molar-refractivity contribution in [3.8, 4) is 17.2 Å². The molecule has 162 valence electrons. The van der Waals surface area contributed by atoms with Gasteiger partial charge in [0, 0.05) is 40.5 Å². The first kappa shape index (κ1) is 21.3. The molecule has 4 nitrogen and oxygen atoms in total. The van der Waals surface area contributed by atoms with Crippen molar-refractivity contribution in [1.29, 1.82) is 5.26 Å². The zero-order valence-corrected chi connectivity index (χ0v) is 19.5. The Balaban J connectivity index is 1.59. The lowest BCUT2D eigenvalue weighted by atomic mass is 9.91. The Labute approximate surface area is 197 Å². The highest BCUT2D eigenvalue weighted by Crippen LogP contribution is 2.48. The molecule has 3 aromatic rings. The number of hydrogen-bond acceptors (Lipinski definition) is 4. The summed E-state index contributed by atoms with van der Waals surface area (Å²) in [5, 5.41) is 11.6. The number of carbonyl (C=O) groups is 1. The molecule has 2 aliphatic rings. The number of aromatic nitrogens is 1. The molecule has 1 aromatic heterocycles. The first-order valence-corrected chi connectivity index (χ1v) is 12.6. The number of nitrogens with zero attached hydrogens (tertiary/aromatic N) is 3. The van der Waals surface area contributed by atoms with Gasteiger partial charge in [0.25, 0.3) is 5.91 Å². The third-order valence-corrected chi connectivity index (χ3v) is 8.19. The van der Waals surface area contributed by atoms with Gasteiger partial charge in [-0.2, -0.15) is 17.0 Å². The highest BCUT2D eigenvalue weighted by atomic mass is 35.5. The maximum atomic E-state index is 13.6. The van der Waals surface area contributed by atoms with Gasteiger partial charge in [0.2, 0.25) is 0 Å². The molecule has 0 spiro atoms. The standard InChI is InChI=1S/C26H24ClN3OS/c1-32-20-8-12-30(13-9-20)25(31)22-15-29-23-7-6-19(27)14-21(23)24(22)17-2-4-18(5-3-17)26(16-28)10-11-26/h2-7,14-15,20H,8-13H2,1H3. The smallest absolute Gasteiger partial charge is 0.256 e. The fraction of sp³-hybridized carbons (Fsp3) is 0.346. The van der Waals surface area contributed by atoms with Crippen LogP contribution in [0, 0.1) is 11.3 Å². The van der Waals surface area contributed by atoms with E-state index < -0.39 is 0 Å². The Kier molecular flexibility index (Phi) is 5.61. The highest BCUT2D eigenvalue weighted by molar-refractivity contribution is 7.99. The van der Waals surface area contributed by atoms with Crippen molar-refractivity contribution in [2.75, 3.05) is 19.3 Å². The number of fused-ring (bicyclic) bond motifs is 1. The second-order valence-electron chi connectivity index (χ2n) is 8.71. The second-order valence-corrected chi connectivity index (χ2v) is 10.3. The van der Waals surface area contributed by atoms with E-state index in [1.165, 1.54) is 0 Å². The van der Waals surface area contributed by atoms with Gasteiger partial charge in [0.1, 0.15) is 0 Å². The number of amides is 1. The molecule has 1 saturated carbocycles. The van der Waals surface area contributed by atoms with Crippen LogP contribution >= 0.6 is 23.4 Å². The molecule has 5 rings (SSSR count). The number of hydrogen-bond donors (Lipinski definition) is 0. The van der Waals surface area contributed by atoms with Crippen LogP contribution in [0.2, 0.25) is 5.02 Å². The first-order chi connectivity index (χ1) is 15.5. The molecule has 2 fully saturated rings. The van der Waals surface area contributed by atoms with E-state index in [2.05, 4.69) is 17.3 Å². The Bertz CT molecular complexity index is 1220. The second kappa shape index (κ2) is 8.42. The van der Waals surface area contributed by atoms with Crippen LogP contribution < -0.4 is 0 Å². The molecular weight excluding hydrogens is 438 g/mol. The van der Waals surface area contributed by atoms with Crippen LogP contribution in [0.1, 0.15) is 41.6 Å². The van der Waals surface area contributed by atoms with E-state index in [-0.39, 0.29) is 11.3 Å². The van der Waals surface area contributed by atoms with Crippen LogP contribution in [0.5, 0.6) is 0 Å². The maximum Gasteiger partial charge on any atom is 0.256 e. The van der Waals surface area contributed by atoms with Gasteiger partial charge < -0.3 is 4.90 Å². The molecule has 2 aromatic carbocycles. The predicted octanol–water partition coefficient (Wildman–Crippen LogP) is 6.08. The third kappa shape index (κ3) is 3.76. The van der Waals surface area contributed by atoms with Crippen LogP contribution in [0.25, 0.3) is 22.0 Å². The van der Waals surface area contributed by atoms with E-state index in [1.54, 1.807) is 6.20 Å². The average Bonchev–Trinajstić information content (AvgIpc) is 3.64. The van der Waals surface area contributed by atoms with Crippen LogP contribution in [-0.2, 0) is 5.41 Å². The molecular formula is C26H24ClN3OS. The Morgan fingerprint density at radius 1 is 1.19 bits per heavy atom. The topological polar surface area (TPSA) is 57.0 Å². The number of carbonyl (C=O) groups excluding carboxylic acids is 1. The molecule has 0 atom stereocenters. The molecule has 1 saturated heterocycles. The Morgan fingerprint density at radius 2 is 1.91 bits per heavy atom. The summed E-state index contributed by atoms with van der Waals surface area (Å²) in [5.74, 6) is 0.0219. The van der Waals surface area contributed by atoms with Gasteiger partial charge >= 0.3 is 0 Å². The summed E-state index contributed by atoms with van der Waals surface area (Å²) < 4.78 is 0. The molecule has 32 heavy (non-hydrogen) atoms. The lowest BCUT2D eigenvalue weighted by Crippen LogP contribution is -2.39. The number of rotatable bonds is 4. The zero-order chi connectivity index (χ0) is 22.3. The first-order valence-electron chi connectivity index (χ1n) is 11.0. The lowest BCUT2D eigenvalue weighted by molar-refractivity contribution is 0.0728. The van der Waals surface area contributed by atoms with Gasteiger partial charge in [0.05, 0.1) is 22.6 Å². The van der Waals surface area contributed by atoms with Gasteiger partial charge in [-0.05, 0) is 61.3 Å². The molecule has 0 bridgehead atoms. The summed E-state index contributed by atoms with van der Waals surface area (Å²) in [4.78, 5) is 20.1. The summed E-state index contributed by atoms with van der Waals surface area (Å²) in [6, 6.07) is 16.2. The van der Waals surface area contributed by atoms with E-state index >= 15 is 0 Å². The summed E-state index contributed by atoms with van der Waals surface area (Å²) in [6.07, 6.45) is 7.69. The lowest BCUT2D eigenvalue weighted by Gasteiger charge is -2.31. The van der Waals surface area contributed by atoms with Gasteiger partial charge in [-0.3, -0.25) is 9.78 Å². The monoisotopic (exact) mass is 461 g/mol. The van der Waals surface area contributed by atoms with E-state index in [0.717, 1.165) is 66.4 Å². The number of pyridine rings is 1. The van der Waals surface area contributed by atoms with Crippen LogP contribution in [0.3, 0.4) is 0 Å². The average molecular weight is 462 g/mol. The fourth-order valence-corrected chi connectivity index (χ4v) is 5.50. The molecule has 0 unspecified atom stereocenters. The highest BCUT2D eigenvalue weighted by Gasteiger charge is 2.44. The molecule has 1 amide bonds. The Morgan fingerprint density at radius 3 is 2.53 bits per heavy atom. The number of thioether (sulfide) groups is 1. The summed E-state index contributed by atoms with van der Waals surface area (Å²) in [7, 11) is 0. The van der Waals surface area contributed by atoms with Crippen molar-refractivity contribution in [3.63, 3.8) is 0 Å². The maximum absolute atomic E-state index is 13.6. The summed E-state index contributed by atoms with van der Waals surface area (Å²) in [6.45, 7) is 1.53. The number of nitriles is 1. The third-order valence-electron chi connectivity index (χ3n) is 6.81. The van der Waals surface area contributed by atoms with Crippen molar-refractivity contribution in [1.82, 2.24) is 9.88 Å². The van der Waals surface area contributed by atoms with Crippen molar-refractivity contribution in [2.24, 2.45) is 0 Å². The van der Waals surface area contributed by atoms with E-state index in [4.69, 9.17) is 11.6 Å². The number of benzene rings is 2. The minimum atomic E-state index is -0.331. The van der Waals surface area contributed by atoms with Crippen molar-refractivity contribution >= 4 is 40.2 Å².